The van der Waals surface area contributed by atoms with Gasteiger partial charge in [0.25, 0.3) is 0 Å². The molecule has 0 fully saturated rings. The van der Waals surface area contributed by atoms with Crippen molar-refractivity contribution >= 4 is 44.4 Å². The van der Waals surface area contributed by atoms with Crippen molar-refractivity contribution in [3.63, 3.8) is 0 Å². The van der Waals surface area contributed by atoms with Crippen LogP contribution in [-0.2, 0) is 11.2 Å². The number of fused-ring (bicyclic) bond motifs is 1. The van der Waals surface area contributed by atoms with Crippen LogP contribution in [0.3, 0.4) is 0 Å². The minimum absolute atomic E-state index is 0.179. The second-order valence-corrected chi connectivity index (χ2v) is 10.3. The lowest BCUT2D eigenvalue weighted by atomic mass is 10.2. The van der Waals surface area contributed by atoms with E-state index in [2.05, 4.69) is 75.3 Å². The van der Waals surface area contributed by atoms with Gasteiger partial charge in [0.05, 0.1) is 10.2 Å². The zero-order chi connectivity index (χ0) is 22.2. The molecule has 1 amide bonds. The first-order valence-corrected chi connectivity index (χ1v) is 12.8. The second-order valence-electron chi connectivity index (χ2n) is 8.12. The van der Waals surface area contributed by atoms with Crippen LogP contribution < -0.4 is 4.90 Å². The summed E-state index contributed by atoms with van der Waals surface area (Å²) in [6.45, 7) is 5.93. The maximum Gasteiger partial charge on any atom is 0.228 e. The van der Waals surface area contributed by atoms with Crippen molar-refractivity contribution in [3.8, 4) is 0 Å². The minimum atomic E-state index is 0.179. The highest BCUT2D eigenvalue weighted by molar-refractivity contribution is 7.99. The number of anilines is 1. The van der Waals surface area contributed by atoms with Gasteiger partial charge in [0.15, 0.2) is 5.13 Å². The van der Waals surface area contributed by atoms with Gasteiger partial charge in [-0.3, -0.25) is 9.69 Å². The fourth-order valence-electron chi connectivity index (χ4n) is 3.35. The number of thiazole rings is 1. The molecule has 166 valence electrons. The van der Waals surface area contributed by atoms with Crippen LogP contribution in [0, 0.1) is 6.92 Å². The number of hydrogen-bond acceptors (Lipinski definition) is 5. The number of aryl methyl sites for hydroxylation is 2. The van der Waals surface area contributed by atoms with Gasteiger partial charge in [-0.1, -0.05) is 42.0 Å². The number of carbonyl (C=O) groups excluding carboxylic acids is 1. The smallest absolute Gasteiger partial charge is 0.228 e. The number of nitrogens with zero attached hydrogens (tertiary/aromatic N) is 3. The van der Waals surface area contributed by atoms with E-state index < -0.39 is 0 Å². The van der Waals surface area contributed by atoms with Crippen molar-refractivity contribution in [1.29, 1.82) is 0 Å². The van der Waals surface area contributed by atoms with E-state index >= 15 is 0 Å². The molecule has 0 unspecified atom stereocenters. The molecule has 3 rings (SSSR count). The molecule has 0 atom stereocenters. The van der Waals surface area contributed by atoms with Crippen molar-refractivity contribution in [2.45, 2.75) is 44.4 Å². The number of benzene rings is 2. The molecule has 1 heterocycles. The van der Waals surface area contributed by atoms with Crippen LogP contribution in [0.5, 0.6) is 0 Å². The third-order valence-electron chi connectivity index (χ3n) is 5.19. The molecule has 0 N–H and O–H groups in total. The quantitative estimate of drug-likeness (QED) is 0.261. The highest BCUT2D eigenvalue weighted by Crippen LogP contribution is 2.30. The SMILES string of the molecule is CCc1ccc2nc(N(CCCN(C)C)C(=O)CCCSc3ccc(C)cc3)sc2c1. The molecular formula is C25H33N3OS2. The summed E-state index contributed by atoms with van der Waals surface area (Å²) in [6.07, 6.45) is 3.36. The van der Waals surface area contributed by atoms with Crippen LogP contribution in [0.15, 0.2) is 47.4 Å². The average molecular weight is 456 g/mol. The van der Waals surface area contributed by atoms with Gasteiger partial charge in [-0.2, -0.15) is 0 Å². The molecule has 0 spiro atoms. The number of aromatic nitrogens is 1. The van der Waals surface area contributed by atoms with Crippen LogP contribution in [0.2, 0.25) is 0 Å². The number of carbonyl (C=O) groups is 1. The van der Waals surface area contributed by atoms with Gasteiger partial charge in [-0.05, 0) is 82.4 Å². The van der Waals surface area contributed by atoms with E-state index in [4.69, 9.17) is 4.98 Å². The molecule has 1 aromatic heterocycles. The number of rotatable bonds is 11. The molecule has 0 radical (unpaired) electrons. The number of amides is 1. The van der Waals surface area contributed by atoms with Crippen molar-refractivity contribution < 1.29 is 4.79 Å². The van der Waals surface area contributed by atoms with E-state index in [-0.39, 0.29) is 5.91 Å². The molecule has 3 aromatic rings. The Morgan fingerprint density at radius 3 is 2.55 bits per heavy atom. The molecule has 0 aliphatic rings. The van der Waals surface area contributed by atoms with Crippen molar-refractivity contribution in [3.05, 3.63) is 53.6 Å². The Kier molecular flexibility index (Phi) is 8.93. The van der Waals surface area contributed by atoms with Crippen LogP contribution in [-0.4, -0.2) is 48.7 Å². The predicted octanol–water partition coefficient (Wildman–Crippen LogP) is 6.02. The molecule has 6 heteroatoms. The topological polar surface area (TPSA) is 36.4 Å². The van der Waals surface area contributed by atoms with E-state index in [9.17, 15) is 4.79 Å². The lowest BCUT2D eigenvalue weighted by molar-refractivity contribution is -0.118. The molecule has 31 heavy (non-hydrogen) atoms. The van der Waals surface area contributed by atoms with Crippen LogP contribution in [0.1, 0.15) is 37.3 Å². The Labute approximate surface area is 194 Å². The Morgan fingerprint density at radius 2 is 1.84 bits per heavy atom. The maximum atomic E-state index is 13.1. The van der Waals surface area contributed by atoms with E-state index in [0.717, 1.165) is 46.9 Å². The van der Waals surface area contributed by atoms with Gasteiger partial charge >= 0.3 is 0 Å². The predicted molar refractivity (Wildman–Crippen MR) is 136 cm³/mol. The highest BCUT2D eigenvalue weighted by atomic mass is 32.2. The van der Waals surface area contributed by atoms with E-state index in [0.29, 0.717) is 13.0 Å². The molecule has 2 aromatic carbocycles. The average Bonchev–Trinajstić information content (AvgIpc) is 3.17. The van der Waals surface area contributed by atoms with Crippen molar-refractivity contribution in [2.75, 3.05) is 37.8 Å². The monoisotopic (exact) mass is 455 g/mol. The summed E-state index contributed by atoms with van der Waals surface area (Å²) < 4.78 is 1.16. The van der Waals surface area contributed by atoms with Crippen molar-refractivity contribution in [2.24, 2.45) is 0 Å². The lowest BCUT2D eigenvalue weighted by Crippen LogP contribution is -2.33. The first-order valence-electron chi connectivity index (χ1n) is 11.0. The molecule has 4 nitrogen and oxygen atoms in total. The normalized spacial score (nSPS) is 11.4. The summed E-state index contributed by atoms with van der Waals surface area (Å²) in [4.78, 5) is 23.3. The summed E-state index contributed by atoms with van der Waals surface area (Å²) in [7, 11) is 4.14. The van der Waals surface area contributed by atoms with Gasteiger partial charge in [-0.25, -0.2) is 4.98 Å². The van der Waals surface area contributed by atoms with Gasteiger partial charge < -0.3 is 4.90 Å². The third-order valence-corrected chi connectivity index (χ3v) is 7.33. The molecule has 0 saturated heterocycles. The molecule has 0 aliphatic carbocycles. The van der Waals surface area contributed by atoms with Gasteiger partial charge in [0.2, 0.25) is 5.91 Å². The molecular weight excluding hydrogens is 422 g/mol. The van der Waals surface area contributed by atoms with Crippen LogP contribution >= 0.6 is 23.1 Å². The van der Waals surface area contributed by atoms with Crippen LogP contribution in [0.4, 0.5) is 5.13 Å². The van der Waals surface area contributed by atoms with E-state index in [1.54, 1.807) is 11.3 Å². The summed E-state index contributed by atoms with van der Waals surface area (Å²) >= 11 is 3.45. The third kappa shape index (κ3) is 7.06. The first-order chi connectivity index (χ1) is 15.0. The maximum absolute atomic E-state index is 13.1. The van der Waals surface area contributed by atoms with Gasteiger partial charge in [0.1, 0.15) is 0 Å². The Balaban J connectivity index is 1.64. The van der Waals surface area contributed by atoms with Crippen molar-refractivity contribution in [1.82, 2.24) is 9.88 Å². The van der Waals surface area contributed by atoms with E-state index in [1.165, 1.54) is 16.0 Å². The van der Waals surface area contributed by atoms with Gasteiger partial charge in [0, 0.05) is 17.9 Å². The van der Waals surface area contributed by atoms with Crippen LogP contribution in [0.25, 0.3) is 10.2 Å². The summed E-state index contributed by atoms with van der Waals surface area (Å²) in [5.74, 6) is 1.12. The number of thioether (sulfide) groups is 1. The highest BCUT2D eigenvalue weighted by Gasteiger charge is 2.19. The second kappa shape index (κ2) is 11.7. The fourth-order valence-corrected chi connectivity index (χ4v) is 5.27. The summed E-state index contributed by atoms with van der Waals surface area (Å²) in [5, 5.41) is 0.832. The van der Waals surface area contributed by atoms with Gasteiger partial charge in [-0.15, -0.1) is 11.8 Å². The Bertz CT molecular complexity index is 982. The first kappa shape index (κ1) is 23.8. The largest absolute Gasteiger partial charge is 0.309 e. The zero-order valence-corrected chi connectivity index (χ0v) is 20.7. The van der Waals surface area contributed by atoms with E-state index in [1.807, 2.05) is 16.7 Å². The molecule has 0 saturated carbocycles. The minimum Gasteiger partial charge on any atom is -0.309 e. The Hall–Kier alpha value is -1.89. The Morgan fingerprint density at radius 1 is 1.06 bits per heavy atom. The standard InChI is InChI=1S/C25H33N3OS2/c1-5-20-11-14-22-23(18-20)31-25(26-22)28(16-7-15-27(3)4)24(29)8-6-17-30-21-12-9-19(2)10-13-21/h9-14,18H,5-8,15-17H2,1-4H3. The summed E-state index contributed by atoms with van der Waals surface area (Å²) in [5.41, 5.74) is 3.56. The molecule has 0 aliphatic heterocycles. The molecule has 0 bridgehead atoms. The zero-order valence-electron chi connectivity index (χ0n) is 19.1. The fraction of sp³-hybridized carbons (Fsp3) is 0.440. The summed E-state index contributed by atoms with van der Waals surface area (Å²) in [6, 6.07) is 15.0. The number of hydrogen-bond donors (Lipinski definition) is 0. The lowest BCUT2D eigenvalue weighted by Gasteiger charge is -2.21.